The fourth-order valence-electron chi connectivity index (χ4n) is 1.22. The van der Waals surface area contributed by atoms with Crippen LogP contribution in [0, 0.1) is 5.92 Å². The summed E-state index contributed by atoms with van der Waals surface area (Å²) in [5, 5.41) is 11.8. The summed E-state index contributed by atoms with van der Waals surface area (Å²) in [7, 11) is 0. The largest absolute Gasteiger partial charge is 0.481 e. The molecule has 5 nitrogen and oxygen atoms in total. The number of carbonyl (C=O) groups is 2. The van der Waals surface area contributed by atoms with Crippen LogP contribution in [0.3, 0.4) is 0 Å². The second-order valence-electron chi connectivity index (χ2n) is 4.21. The summed E-state index contributed by atoms with van der Waals surface area (Å²) < 4.78 is 0. The Morgan fingerprint density at radius 2 is 1.88 bits per heavy atom. The lowest BCUT2D eigenvalue weighted by Gasteiger charge is -2.23. The zero-order valence-electron chi connectivity index (χ0n) is 10.5. The Bertz CT molecular complexity index is 241. The van der Waals surface area contributed by atoms with Crippen molar-refractivity contribution in [2.75, 3.05) is 19.6 Å². The molecule has 0 aromatic carbocycles. The Hall–Kier alpha value is -1.10. The molecule has 2 N–H and O–H groups in total. The molecule has 0 spiro atoms. The molecule has 1 unspecified atom stereocenters. The molecule has 0 aliphatic carbocycles. The lowest BCUT2D eigenvalue weighted by molar-refractivity contribution is -0.142. The van der Waals surface area contributed by atoms with Crippen molar-refractivity contribution in [1.82, 2.24) is 10.2 Å². The molecule has 94 valence electrons. The van der Waals surface area contributed by atoms with E-state index in [2.05, 4.69) is 5.32 Å². The van der Waals surface area contributed by atoms with Crippen LogP contribution in [-0.2, 0) is 9.59 Å². The Morgan fingerprint density at radius 1 is 1.31 bits per heavy atom. The zero-order chi connectivity index (χ0) is 12.7. The lowest BCUT2D eigenvalue weighted by atomic mass is 10.1. The van der Waals surface area contributed by atoms with E-state index in [9.17, 15) is 9.59 Å². The molecule has 0 aromatic rings. The van der Waals surface area contributed by atoms with Crippen LogP contribution in [0.1, 0.15) is 27.7 Å². The first kappa shape index (κ1) is 14.9. The number of rotatable bonds is 7. The number of likely N-dealkylation sites (N-methyl/N-ethyl adjacent to an activating group) is 1. The average Bonchev–Trinajstić information content (AvgIpc) is 2.21. The van der Waals surface area contributed by atoms with E-state index in [1.54, 1.807) is 11.8 Å². The molecule has 16 heavy (non-hydrogen) atoms. The van der Waals surface area contributed by atoms with Crippen LogP contribution in [0.15, 0.2) is 0 Å². The van der Waals surface area contributed by atoms with Crippen LogP contribution in [0.25, 0.3) is 0 Å². The van der Waals surface area contributed by atoms with Crippen molar-refractivity contribution in [3.05, 3.63) is 0 Å². The third kappa shape index (κ3) is 5.70. The third-order valence-corrected chi connectivity index (χ3v) is 2.31. The summed E-state index contributed by atoms with van der Waals surface area (Å²) in [6.07, 6.45) is 0. The maximum atomic E-state index is 11.7. The maximum absolute atomic E-state index is 11.7. The Labute approximate surface area is 96.8 Å². The van der Waals surface area contributed by atoms with Crippen LogP contribution >= 0.6 is 0 Å². The van der Waals surface area contributed by atoms with E-state index in [4.69, 9.17) is 5.11 Å². The highest BCUT2D eigenvalue weighted by Gasteiger charge is 2.18. The van der Waals surface area contributed by atoms with Gasteiger partial charge in [-0.15, -0.1) is 0 Å². The second kappa shape index (κ2) is 7.22. The molecule has 0 saturated carbocycles. The minimum atomic E-state index is -0.872. The fraction of sp³-hybridized carbons (Fsp3) is 0.818. The quantitative estimate of drug-likeness (QED) is 0.670. The van der Waals surface area contributed by atoms with Crippen molar-refractivity contribution in [3.8, 4) is 0 Å². The third-order valence-electron chi connectivity index (χ3n) is 2.31. The molecule has 1 amide bonds. The molecule has 0 bridgehead atoms. The predicted molar refractivity (Wildman–Crippen MR) is 62.2 cm³/mol. The van der Waals surface area contributed by atoms with Gasteiger partial charge in [-0.3, -0.25) is 9.59 Å². The van der Waals surface area contributed by atoms with E-state index in [-0.39, 0.29) is 25.0 Å². The van der Waals surface area contributed by atoms with E-state index >= 15 is 0 Å². The van der Waals surface area contributed by atoms with E-state index < -0.39 is 11.9 Å². The lowest BCUT2D eigenvalue weighted by Crippen LogP contribution is -2.43. The first-order valence-electron chi connectivity index (χ1n) is 5.62. The van der Waals surface area contributed by atoms with Gasteiger partial charge >= 0.3 is 5.97 Å². The normalized spacial score (nSPS) is 12.6. The minimum absolute atomic E-state index is 0.0516. The van der Waals surface area contributed by atoms with Crippen LogP contribution in [0.2, 0.25) is 0 Å². The standard InChI is InChI=1S/C11H22N2O3/c1-5-13(7-9(4)11(15)16)10(14)6-12-8(2)3/h8-9,12H,5-7H2,1-4H3,(H,15,16). The summed E-state index contributed by atoms with van der Waals surface area (Å²) in [6.45, 7) is 8.45. The molecule has 0 heterocycles. The highest BCUT2D eigenvalue weighted by molar-refractivity contribution is 5.79. The molecular formula is C11H22N2O3. The van der Waals surface area contributed by atoms with Crippen molar-refractivity contribution in [1.29, 1.82) is 0 Å². The molecule has 5 heteroatoms. The predicted octanol–water partition coefficient (Wildman–Crippen LogP) is 0.554. The molecule has 0 aliphatic rings. The summed E-state index contributed by atoms with van der Waals surface area (Å²) in [5.74, 6) is -1.45. The minimum Gasteiger partial charge on any atom is -0.481 e. The van der Waals surface area contributed by atoms with Gasteiger partial charge in [0.2, 0.25) is 5.91 Å². The van der Waals surface area contributed by atoms with Crippen LogP contribution in [0.4, 0.5) is 0 Å². The Kier molecular flexibility index (Phi) is 6.72. The highest BCUT2D eigenvalue weighted by Crippen LogP contribution is 2.00. The summed E-state index contributed by atoms with van der Waals surface area (Å²) in [5.41, 5.74) is 0. The van der Waals surface area contributed by atoms with Gasteiger partial charge in [0.1, 0.15) is 0 Å². The van der Waals surface area contributed by atoms with Crippen molar-refractivity contribution in [2.24, 2.45) is 5.92 Å². The zero-order valence-corrected chi connectivity index (χ0v) is 10.5. The second-order valence-corrected chi connectivity index (χ2v) is 4.21. The van der Waals surface area contributed by atoms with E-state index in [0.29, 0.717) is 6.54 Å². The van der Waals surface area contributed by atoms with Crippen molar-refractivity contribution in [3.63, 3.8) is 0 Å². The average molecular weight is 230 g/mol. The van der Waals surface area contributed by atoms with E-state index in [1.165, 1.54) is 0 Å². The van der Waals surface area contributed by atoms with Crippen molar-refractivity contribution >= 4 is 11.9 Å². The van der Waals surface area contributed by atoms with Gasteiger partial charge in [-0.25, -0.2) is 0 Å². The van der Waals surface area contributed by atoms with Gasteiger partial charge in [0, 0.05) is 19.1 Å². The number of carbonyl (C=O) groups excluding carboxylic acids is 1. The summed E-state index contributed by atoms with van der Waals surface area (Å²) in [6, 6.07) is 0.250. The number of aliphatic carboxylic acids is 1. The Morgan fingerprint density at radius 3 is 2.25 bits per heavy atom. The fourth-order valence-corrected chi connectivity index (χ4v) is 1.22. The number of carboxylic acids is 1. The van der Waals surface area contributed by atoms with Crippen LogP contribution in [0.5, 0.6) is 0 Å². The van der Waals surface area contributed by atoms with Gasteiger partial charge in [-0.1, -0.05) is 20.8 Å². The number of hydrogen-bond donors (Lipinski definition) is 2. The molecule has 0 aliphatic heterocycles. The van der Waals surface area contributed by atoms with Gasteiger partial charge in [0.15, 0.2) is 0 Å². The molecule has 1 atom stereocenters. The summed E-state index contributed by atoms with van der Waals surface area (Å²) >= 11 is 0. The first-order valence-corrected chi connectivity index (χ1v) is 5.62. The van der Waals surface area contributed by atoms with Gasteiger partial charge in [0.05, 0.1) is 12.5 Å². The number of nitrogens with zero attached hydrogens (tertiary/aromatic N) is 1. The summed E-state index contributed by atoms with van der Waals surface area (Å²) in [4.78, 5) is 24.0. The number of nitrogens with one attached hydrogen (secondary N) is 1. The molecule has 0 radical (unpaired) electrons. The van der Waals surface area contributed by atoms with Gasteiger partial charge in [-0.2, -0.15) is 0 Å². The first-order chi connectivity index (χ1) is 7.38. The molecular weight excluding hydrogens is 208 g/mol. The molecule has 0 saturated heterocycles. The van der Waals surface area contributed by atoms with Gasteiger partial charge in [-0.05, 0) is 6.92 Å². The maximum Gasteiger partial charge on any atom is 0.308 e. The SMILES string of the molecule is CCN(CC(C)C(=O)O)C(=O)CNC(C)C. The van der Waals surface area contributed by atoms with Gasteiger partial charge < -0.3 is 15.3 Å². The molecule has 0 aromatic heterocycles. The van der Waals surface area contributed by atoms with Crippen LogP contribution in [-0.4, -0.2) is 47.6 Å². The highest BCUT2D eigenvalue weighted by atomic mass is 16.4. The molecule has 0 fully saturated rings. The number of carboxylic acid groups (broad SMARTS) is 1. The van der Waals surface area contributed by atoms with Crippen LogP contribution < -0.4 is 5.32 Å². The monoisotopic (exact) mass is 230 g/mol. The Balaban J connectivity index is 4.16. The van der Waals surface area contributed by atoms with E-state index in [1.807, 2.05) is 20.8 Å². The van der Waals surface area contributed by atoms with Gasteiger partial charge in [0.25, 0.3) is 0 Å². The van der Waals surface area contributed by atoms with E-state index in [0.717, 1.165) is 0 Å². The molecule has 0 rings (SSSR count). The number of amides is 1. The number of hydrogen-bond acceptors (Lipinski definition) is 3. The van der Waals surface area contributed by atoms with Crippen molar-refractivity contribution < 1.29 is 14.7 Å². The topological polar surface area (TPSA) is 69.6 Å². The smallest absolute Gasteiger partial charge is 0.308 e. The van der Waals surface area contributed by atoms with Crippen molar-refractivity contribution in [2.45, 2.75) is 33.7 Å².